The number of benzene rings is 1. The van der Waals surface area contributed by atoms with Gasteiger partial charge in [-0.15, -0.1) is 0 Å². The molecule has 1 aliphatic heterocycles. The van der Waals surface area contributed by atoms with E-state index in [1.165, 1.54) is 0 Å². The molecule has 0 unspecified atom stereocenters. The highest BCUT2D eigenvalue weighted by Gasteiger charge is 2.27. The van der Waals surface area contributed by atoms with Crippen molar-refractivity contribution in [1.29, 1.82) is 0 Å². The number of rotatable bonds is 8. The summed E-state index contributed by atoms with van der Waals surface area (Å²) >= 11 is 0. The summed E-state index contributed by atoms with van der Waals surface area (Å²) in [6, 6.07) is 5.26. The van der Waals surface area contributed by atoms with Crippen LogP contribution in [-0.4, -0.2) is 39.5 Å². The highest BCUT2D eigenvalue weighted by Crippen LogP contribution is 2.26. The number of methoxy groups -OCH3 is 2. The molecule has 1 aromatic rings. The number of ketones is 1. The molecule has 0 atom stereocenters. The summed E-state index contributed by atoms with van der Waals surface area (Å²) in [7, 11) is 3.16. The van der Waals surface area contributed by atoms with Crippen molar-refractivity contribution in [3.05, 3.63) is 23.8 Å². The summed E-state index contributed by atoms with van der Waals surface area (Å²) < 4.78 is 21.8. The second kappa shape index (κ2) is 8.49. The monoisotopic (exact) mass is 336 g/mol. The maximum absolute atomic E-state index is 12.3. The molecule has 0 aliphatic carbocycles. The molecule has 0 radical (unpaired) electrons. The predicted molar refractivity (Wildman–Crippen MR) is 91.8 cm³/mol. The number of ether oxygens (including phenoxy) is 4. The number of Topliss-reactive ketones (excluding diaryl/α,β-unsaturated/α-hetero) is 1. The first-order chi connectivity index (χ1) is 11.4. The lowest BCUT2D eigenvalue weighted by Gasteiger charge is -2.34. The Hall–Kier alpha value is -1.59. The summed E-state index contributed by atoms with van der Waals surface area (Å²) in [5, 5.41) is 0. The quantitative estimate of drug-likeness (QED) is 0.533. The Morgan fingerprint density at radius 3 is 2.21 bits per heavy atom. The van der Waals surface area contributed by atoms with E-state index < -0.39 is 0 Å². The van der Waals surface area contributed by atoms with Crippen LogP contribution in [0.1, 0.15) is 49.9 Å². The molecule has 1 fully saturated rings. The zero-order chi connectivity index (χ0) is 17.6. The third kappa shape index (κ3) is 5.49. The first kappa shape index (κ1) is 18.7. The summed E-state index contributed by atoms with van der Waals surface area (Å²) in [6.45, 7) is 5.70. The highest BCUT2D eigenvalue weighted by atomic mass is 16.7. The zero-order valence-corrected chi connectivity index (χ0v) is 15.1. The summed E-state index contributed by atoms with van der Waals surface area (Å²) in [4.78, 5) is 12.3. The van der Waals surface area contributed by atoms with Gasteiger partial charge in [0.1, 0.15) is 11.5 Å². The molecule has 5 nitrogen and oxygen atoms in total. The van der Waals surface area contributed by atoms with Crippen molar-refractivity contribution in [2.45, 2.75) is 45.8 Å². The Bertz CT molecular complexity index is 520. The van der Waals surface area contributed by atoms with Crippen LogP contribution in [0.4, 0.5) is 0 Å². The van der Waals surface area contributed by atoms with Crippen molar-refractivity contribution in [3.63, 3.8) is 0 Å². The molecule has 1 heterocycles. The van der Waals surface area contributed by atoms with E-state index in [0.717, 1.165) is 32.5 Å². The van der Waals surface area contributed by atoms with E-state index in [9.17, 15) is 4.79 Å². The van der Waals surface area contributed by atoms with Gasteiger partial charge in [-0.1, -0.05) is 13.8 Å². The van der Waals surface area contributed by atoms with Gasteiger partial charge in [-0.2, -0.15) is 0 Å². The van der Waals surface area contributed by atoms with E-state index >= 15 is 0 Å². The van der Waals surface area contributed by atoms with Gasteiger partial charge in [-0.25, -0.2) is 0 Å². The van der Waals surface area contributed by atoms with E-state index in [2.05, 4.69) is 13.8 Å². The topological polar surface area (TPSA) is 54.0 Å². The molecule has 5 heteroatoms. The Labute approximate surface area is 144 Å². The number of hydrogen-bond acceptors (Lipinski definition) is 5. The molecule has 0 bridgehead atoms. The van der Waals surface area contributed by atoms with Gasteiger partial charge in [0.2, 0.25) is 0 Å². The maximum atomic E-state index is 12.3. The molecule has 1 aliphatic rings. The molecule has 0 saturated carbocycles. The predicted octanol–water partition coefficient (Wildman–Crippen LogP) is 3.85. The number of carbonyl (C=O) groups excluding carboxylic acids is 1. The van der Waals surface area contributed by atoms with Gasteiger partial charge < -0.3 is 18.9 Å². The molecule has 0 amide bonds. The first-order valence-corrected chi connectivity index (χ1v) is 8.43. The average molecular weight is 336 g/mol. The van der Waals surface area contributed by atoms with Crippen LogP contribution in [0.15, 0.2) is 18.2 Å². The van der Waals surface area contributed by atoms with Gasteiger partial charge in [-0.3, -0.25) is 4.79 Å². The third-order valence-corrected chi connectivity index (χ3v) is 4.09. The van der Waals surface area contributed by atoms with E-state index in [4.69, 9.17) is 18.9 Å². The summed E-state index contributed by atoms with van der Waals surface area (Å²) in [5.41, 5.74) is 0.718. The fourth-order valence-electron chi connectivity index (χ4n) is 2.60. The van der Waals surface area contributed by atoms with Crippen molar-refractivity contribution >= 4 is 5.78 Å². The normalized spacial score (nSPS) is 17.5. The fraction of sp³-hybridized carbons (Fsp3) is 0.632. The third-order valence-electron chi connectivity index (χ3n) is 4.09. The minimum absolute atomic E-state index is 0.0951. The van der Waals surface area contributed by atoms with Crippen molar-refractivity contribution in [2.75, 3.05) is 27.4 Å². The van der Waals surface area contributed by atoms with Crippen LogP contribution in [0.25, 0.3) is 0 Å². The number of unbranched alkanes of at least 4 members (excludes halogenated alkanes) is 1. The molecule has 0 aromatic heterocycles. The zero-order valence-electron chi connectivity index (χ0n) is 15.1. The van der Waals surface area contributed by atoms with Crippen molar-refractivity contribution < 1.29 is 23.7 Å². The van der Waals surface area contributed by atoms with Crippen LogP contribution < -0.4 is 9.47 Å². The van der Waals surface area contributed by atoms with E-state index in [-0.39, 0.29) is 17.5 Å². The van der Waals surface area contributed by atoms with E-state index in [0.29, 0.717) is 23.5 Å². The van der Waals surface area contributed by atoms with Crippen LogP contribution in [-0.2, 0) is 9.47 Å². The molecule has 0 N–H and O–H groups in total. The van der Waals surface area contributed by atoms with Crippen molar-refractivity contribution in [1.82, 2.24) is 0 Å². The van der Waals surface area contributed by atoms with Crippen LogP contribution in [0.5, 0.6) is 11.5 Å². The first-order valence-electron chi connectivity index (χ1n) is 8.43. The van der Waals surface area contributed by atoms with Gasteiger partial charge >= 0.3 is 0 Å². The summed E-state index contributed by atoms with van der Waals surface area (Å²) in [6.07, 6.45) is 2.90. The molecule has 134 valence electrons. The lowest BCUT2D eigenvalue weighted by Crippen LogP contribution is -2.37. The summed E-state index contributed by atoms with van der Waals surface area (Å²) in [5.74, 6) is 1.35. The maximum Gasteiger partial charge on any atom is 0.163 e. The lowest BCUT2D eigenvalue weighted by atomic mass is 9.95. The minimum atomic E-state index is -0.134. The van der Waals surface area contributed by atoms with Crippen molar-refractivity contribution in [3.8, 4) is 11.5 Å². The van der Waals surface area contributed by atoms with E-state index in [1.54, 1.807) is 32.4 Å². The molecular formula is C19H28O5. The number of carbonyl (C=O) groups is 1. The molecule has 1 saturated heterocycles. The largest absolute Gasteiger partial charge is 0.497 e. The Morgan fingerprint density at radius 1 is 1.08 bits per heavy atom. The van der Waals surface area contributed by atoms with Crippen LogP contribution in [0, 0.1) is 5.41 Å². The molecule has 1 aromatic carbocycles. The van der Waals surface area contributed by atoms with Gasteiger partial charge in [-0.05, 0) is 31.4 Å². The Morgan fingerprint density at radius 2 is 1.67 bits per heavy atom. The Balaban J connectivity index is 1.75. The van der Waals surface area contributed by atoms with Gasteiger partial charge in [0.25, 0.3) is 0 Å². The molecule has 0 spiro atoms. The number of hydrogen-bond donors (Lipinski definition) is 0. The SMILES string of the molecule is COc1cc(OC)cc(C(=O)CCCCC2OCC(C)(C)CO2)c1. The van der Waals surface area contributed by atoms with Crippen molar-refractivity contribution in [2.24, 2.45) is 5.41 Å². The lowest BCUT2D eigenvalue weighted by molar-refractivity contribution is -0.224. The van der Waals surface area contributed by atoms with Gasteiger partial charge in [0.05, 0.1) is 27.4 Å². The second-order valence-corrected chi connectivity index (χ2v) is 6.99. The second-order valence-electron chi connectivity index (χ2n) is 6.99. The van der Waals surface area contributed by atoms with Gasteiger partial charge in [0, 0.05) is 23.5 Å². The fourth-order valence-corrected chi connectivity index (χ4v) is 2.60. The van der Waals surface area contributed by atoms with Crippen LogP contribution in [0.3, 0.4) is 0 Å². The average Bonchev–Trinajstić information content (AvgIpc) is 2.59. The molecule has 24 heavy (non-hydrogen) atoms. The molecular weight excluding hydrogens is 308 g/mol. The minimum Gasteiger partial charge on any atom is -0.497 e. The van der Waals surface area contributed by atoms with Crippen LogP contribution in [0.2, 0.25) is 0 Å². The van der Waals surface area contributed by atoms with Gasteiger partial charge in [0.15, 0.2) is 12.1 Å². The van der Waals surface area contributed by atoms with Crippen LogP contribution >= 0.6 is 0 Å². The highest BCUT2D eigenvalue weighted by molar-refractivity contribution is 5.96. The molecule has 2 rings (SSSR count). The Kier molecular flexibility index (Phi) is 6.63. The smallest absolute Gasteiger partial charge is 0.163 e. The standard InChI is InChI=1S/C19H28O5/c1-19(2)12-23-18(24-13-19)8-6-5-7-17(20)14-9-15(21-3)11-16(10-14)22-4/h9-11,18H,5-8,12-13H2,1-4H3. The van der Waals surface area contributed by atoms with E-state index in [1.807, 2.05) is 0 Å².